The summed E-state index contributed by atoms with van der Waals surface area (Å²) in [5.74, 6) is -1.59. The second-order valence-electron chi connectivity index (χ2n) is 18.3. The SMILES string of the molecule is CC(=O)N[C@@H]1[C@@H](O)[C@H](O[C@@H]2O[C@H](CO[C@H]3O[C@H](CO)[C@@H](O)[C@H](O)[C@@H]3O[C@@H]3O[C@H](CO)[C@@H](O[C@@H]4O[C@H](CO)[C@H](O)[C@H](O)[C@H]4O)[C@H](O)[C@H]3NC(C)=O)[C@@H](O)[C@H](O[C@H]3O[C@H](CO)[C@@H](O)[C@H](O)[C@@H]3O)[C@@H]2O)[C@@H](CO)O[C@@H]1O. The van der Waals surface area contributed by atoms with Crippen molar-refractivity contribution < 1.29 is 154 Å². The molecule has 424 valence electrons. The van der Waals surface area contributed by atoms with Gasteiger partial charge in [0.25, 0.3) is 0 Å². The fourth-order valence-electron chi connectivity index (χ4n) is 9.20. The van der Waals surface area contributed by atoms with E-state index in [1.807, 2.05) is 0 Å². The van der Waals surface area contributed by atoms with Crippen molar-refractivity contribution in [3.63, 3.8) is 0 Å². The smallest absolute Gasteiger partial charge is 0.217 e. The van der Waals surface area contributed by atoms with Gasteiger partial charge in [-0.3, -0.25) is 9.59 Å². The van der Waals surface area contributed by atoms with Gasteiger partial charge in [-0.1, -0.05) is 0 Å². The molecule has 33 heteroatoms. The van der Waals surface area contributed by atoms with E-state index in [-0.39, 0.29) is 0 Å². The van der Waals surface area contributed by atoms with Crippen molar-refractivity contribution >= 4 is 11.8 Å². The molecular formula is C40H68N2O31. The summed E-state index contributed by atoms with van der Waals surface area (Å²) in [7, 11) is 0. The second kappa shape index (κ2) is 26.0. The van der Waals surface area contributed by atoms with E-state index in [0.29, 0.717) is 0 Å². The topological polar surface area (TPSA) is 524 Å². The van der Waals surface area contributed by atoms with Gasteiger partial charge in [-0.25, -0.2) is 0 Å². The molecule has 20 N–H and O–H groups in total. The molecule has 0 aromatic carbocycles. The number of carbonyl (C=O) groups excluding carboxylic acids is 2. The summed E-state index contributed by atoms with van der Waals surface area (Å²) >= 11 is 0. The Bertz CT molecular complexity index is 1750. The monoisotopic (exact) mass is 1070 g/mol. The number of aliphatic hydroxyl groups is 18. The number of ether oxygens (including phenoxy) is 11. The predicted molar refractivity (Wildman–Crippen MR) is 222 cm³/mol. The summed E-state index contributed by atoms with van der Waals surface area (Å²) < 4.78 is 62.9. The maximum atomic E-state index is 12.5. The minimum Gasteiger partial charge on any atom is -0.394 e. The largest absolute Gasteiger partial charge is 0.394 e. The molecule has 0 saturated carbocycles. The highest BCUT2D eigenvalue weighted by molar-refractivity contribution is 5.73. The van der Waals surface area contributed by atoms with Gasteiger partial charge >= 0.3 is 0 Å². The molecule has 0 spiro atoms. The number of nitrogens with one attached hydrogen (secondary N) is 2. The van der Waals surface area contributed by atoms with Gasteiger partial charge in [0.1, 0.15) is 146 Å². The lowest BCUT2D eigenvalue weighted by molar-refractivity contribution is -0.386. The molecule has 0 aliphatic carbocycles. The van der Waals surface area contributed by atoms with Crippen molar-refractivity contribution in [3.05, 3.63) is 0 Å². The van der Waals surface area contributed by atoms with E-state index in [1.165, 1.54) is 0 Å². The third kappa shape index (κ3) is 13.0. The number of aliphatic hydroxyl groups excluding tert-OH is 18. The van der Waals surface area contributed by atoms with Gasteiger partial charge in [-0.15, -0.1) is 0 Å². The zero-order valence-electron chi connectivity index (χ0n) is 38.9. The van der Waals surface area contributed by atoms with Gasteiger partial charge in [0.05, 0.1) is 39.6 Å². The lowest BCUT2D eigenvalue weighted by Gasteiger charge is -2.50. The van der Waals surface area contributed by atoms with Crippen LogP contribution in [0, 0.1) is 0 Å². The molecule has 6 fully saturated rings. The number of rotatable bonds is 18. The van der Waals surface area contributed by atoms with Gasteiger partial charge in [0, 0.05) is 13.8 Å². The molecule has 0 bridgehead atoms. The summed E-state index contributed by atoms with van der Waals surface area (Å²) in [6.07, 6.45) is -53.6. The summed E-state index contributed by atoms with van der Waals surface area (Å²) in [4.78, 5) is 24.5. The van der Waals surface area contributed by atoms with E-state index in [0.717, 1.165) is 13.8 Å². The van der Waals surface area contributed by atoms with Crippen LogP contribution in [0.4, 0.5) is 0 Å². The molecule has 2 amide bonds. The lowest BCUT2D eigenvalue weighted by atomic mass is 9.94. The quantitative estimate of drug-likeness (QED) is 0.0606. The number of hydrogen-bond donors (Lipinski definition) is 20. The molecule has 6 saturated heterocycles. The highest BCUT2D eigenvalue weighted by Crippen LogP contribution is 2.36. The third-order valence-electron chi connectivity index (χ3n) is 13.2. The molecule has 0 unspecified atom stereocenters. The summed E-state index contributed by atoms with van der Waals surface area (Å²) in [5.41, 5.74) is 0. The first-order valence-corrected chi connectivity index (χ1v) is 23.1. The van der Waals surface area contributed by atoms with Crippen LogP contribution in [0.25, 0.3) is 0 Å². The minimum atomic E-state index is -2.22. The molecule has 73 heavy (non-hydrogen) atoms. The van der Waals surface area contributed by atoms with Crippen LogP contribution < -0.4 is 10.6 Å². The first kappa shape index (κ1) is 60.0. The molecule has 33 nitrogen and oxygen atoms in total. The first-order chi connectivity index (χ1) is 34.5. The third-order valence-corrected chi connectivity index (χ3v) is 13.2. The van der Waals surface area contributed by atoms with Crippen molar-refractivity contribution in [2.45, 2.75) is 198 Å². The van der Waals surface area contributed by atoms with Crippen molar-refractivity contribution in [1.29, 1.82) is 0 Å². The Balaban J connectivity index is 1.27. The Kier molecular flexibility index (Phi) is 21.3. The van der Waals surface area contributed by atoms with Gasteiger partial charge in [-0.2, -0.15) is 0 Å². The van der Waals surface area contributed by atoms with E-state index in [4.69, 9.17) is 52.1 Å². The van der Waals surface area contributed by atoms with E-state index in [1.54, 1.807) is 0 Å². The van der Waals surface area contributed by atoms with Crippen LogP contribution >= 0.6 is 0 Å². The number of carbonyl (C=O) groups is 2. The molecule has 0 aromatic heterocycles. The summed E-state index contributed by atoms with van der Waals surface area (Å²) in [6, 6.07) is -3.36. The van der Waals surface area contributed by atoms with E-state index < -0.39 is 236 Å². The number of amides is 2. The predicted octanol–water partition coefficient (Wildman–Crippen LogP) is -13.8. The van der Waals surface area contributed by atoms with Crippen LogP contribution in [0.2, 0.25) is 0 Å². The molecule has 0 radical (unpaired) electrons. The average molecular weight is 1070 g/mol. The van der Waals surface area contributed by atoms with Gasteiger partial charge in [0.15, 0.2) is 37.7 Å². The Labute approximate surface area is 413 Å². The zero-order chi connectivity index (χ0) is 53.9. The standard InChI is InChI=1S/C40H68N2O31/c1-9(48)41-17-23(54)31(14(6-46)64-35(17)62)71-39-30(61)33(72-38-29(60)26(57)20(51)12(4-44)66-38)22(53)16(69-39)8-63-40-34(27(58)21(52)13(5-45)67-40)73-36-18(42-10(2)49)24(55)32(15(7-47)68-36)70-37-28(59)25(56)19(50)11(3-43)65-37/h11-40,43-47,50-62H,3-8H2,1-2H3,(H,41,48)(H,42,49)/t11-,12-,13-,14-,15-,16-,17-,18-,19+,20-,21-,22-,23-,24-,25+,26+,27+,28-,29+,30+,31-,32-,33+,34+,35+,36+,37+,38-,39+,40+/m1/s1. The van der Waals surface area contributed by atoms with Crippen molar-refractivity contribution in [1.82, 2.24) is 10.6 Å². The van der Waals surface area contributed by atoms with Gasteiger partial charge in [0.2, 0.25) is 11.8 Å². The lowest BCUT2D eigenvalue weighted by Crippen LogP contribution is -2.69. The second-order valence-corrected chi connectivity index (χ2v) is 18.3. The first-order valence-electron chi connectivity index (χ1n) is 23.1. The average Bonchev–Trinajstić information content (AvgIpc) is 3.35. The Hall–Kier alpha value is -2.22. The highest BCUT2D eigenvalue weighted by Gasteiger charge is 2.57. The Morgan fingerprint density at radius 2 is 0.726 bits per heavy atom. The Morgan fingerprint density at radius 1 is 0.356 bits per heavy atom. The zero-order valence-corrected chi connectivity index (χ0v) is 38.9. The fourth-order valence-corrected chi connectivity index (χ4v) is 9.20. The normalized spacial score (nSPS) is 49.8. The summed E-state index contributed by atoms with van der Waals surface area (Å²) in [5, 5.41) is 197. The van der Waals surface area contributed by atoms with Gasteiger partial charge in [-0.05, 0) is 0 Å². The van der Waals surface area contributed by atoms with Crippen LogP contribution in [0.1, 0.15) is 13.8 Å². The van der Waals surface area contributed by atoms with Crippen LogP contribution in [0.3, 0.4) is 0 Å². The molecule has 0 aromatic rings. The van der Waals surface area contributed by atoms with E-state index in [9.17, 15) is 102 Å². The van der Waals surface area contributed by atoms with Crippen LogP contribution in [0.5, 0.6) is 0 Å². The Morgan fingerprint density at radius 3 is 1.21 bits per heavy atom. The molecular weight excluding hydrogens is 1000 g/mol. The maximum Gasteiger partial charge on any atom is 0.217 e. The number of hydrogen-bond acceptors (Lipinski definition) is 31. The minimum absolute atomic E-state index is 0.751. The maximum absolute atomic E-state index is 12.5. The van der Waals surface area contributed by atoms with Crippen LogP contribution in [-0.2, 0) is 61.7 Å². The molecule has 6 rings (SSSR count). The van der Waals surface area contributed by atoms with E-state index >= 15 is 0 Å². The van der Waals surface area contributed by atoms with Gasteiger partial charge < -0.3 is 155 Å². The molecule has 30 atom stereocenters. The van der Waals surface area contributed by atoms with Crippen LogP contribution in [-0.4, -0.2) is 327 Å². The highest BCUT2D eigenvalue weighted by atomic mass is 16.8. The van der Waals surface area contributed by atoms with Crippen molar-refractivity contribution in [3.8, 4) is 0 Å². The summed E-state index contributed by atoms with van der Waals surface area (Å²) in [6.45, 7) is -3.67. The molecule has 6 aliphatic heterocycles. The van der Waals surface area contributed by atoms with Crippen molar-refractivity contribution in [2.24, 2.45) is 0 Å². The van der Waals surface area contributed by atoms with Crippen molar-refractivity contribution in [2.75, 3.05) is 39.6 Å². The molecule has 6 aliphatic rings. The fraction of sp³-hybridized carbons (Fsp3) is 0.950. The van der Waals surface area contributed by atoms with Crippen LogP contribution in [0.15, 0.2) is 0 Å². The van der Waals surface area contributed by atoms with E-state index in [2.05, 4.69) is 10.6 Å². The molecule has 6 heterocycles.